The molecule has 1 atom stereocenters. The Bertz CT molecular complexity index is 667. The highest BCUT2D eigenvalue weighted by Gasteiger charge is 2.34. The van der Waals surface area contributed by atoms with Crippen molar-refractivity contribution < 1.29 is 13.2 Å². The van der Waals surface area contributed by atoms with Crippen LogP contribution in [0.25, 0.3) is 0 Å². The fourth-order valence-corrected chi connectivity index (χ4v) is 4.40. The van der Waals surface area contributed by atoms with Crippen molar-refractivity contribution in [2.24, 2.45) is 0 Å². The van der Waals surface area contributed by atoms with Crippen LogP contribution in [-0.2, 0) is 22.9 Å². The summed E-state index contributed by atoms with van der Waals surface area (Å²) in [6, 6.07) is -0.204. The molecule has 1 aromatic heterocycles. The smallest absolute Gasteiger partial charge is 0.274 e. The van der Waals surface area contributed by atoms with Gasteiger partial charge in [0.15, 0.2) is 5.69 Å². The first-order chi connectivity index (χ1) is 9.88. The van der Waals surface area contributed by atoms with Gasteiger partial charge in [0, 0.05) is 36.9 Å². The number of hydrogen-bond donors (Lipinski definition) is 1. The zero-order chi connectivity index (χ0) is 15.2. The molecule has 2 heterocycles. The van der Waals surface area contributed by atoms with Crippen LogP contribution in [0.4, 0.5) is 0 Å². The summed E-state index contributed by atoms with van der Waals surface area (Å²) in [4.78, 5) is 14.3. The van der Waals surface area contributed by atoms with E-state index in [4.69, 9.17) is 0 Å². The van der Waals surface area contributed by atoms with Crippen LogP contribution < -0.4 is 0 Å². The summed E-state index contributed by atoms with van der Waals surface area (Å²) >= 11 is 0. The van der Waals surface area contributed by atoms with Gasteiger partial charge in [-0.15, -0.1) is 0 Å². The second kappa shape index (κ2) is 5.10. The SMILES string of the molecule is C[C@H]1CN(C(=O)c2n[nH]c3c2CCC3)CCN1S(C)(=O)=O. The summed E-state index contributed by atoms with van der Waals surface area (Å²) in [6.45, 7) is 3.00. The minimum Gasteiger partial charge on any atom is -0.334 e. The Morgan fingerprint density at radius 1 is 1.33 bits per heavy atom. The maximum absolute atomic E-state index is 12.6. The van der Waals surface area contributed by atoms with Gasteiger partial charge in [0.25, 0.3) is 5.91 Å². The van der Waals surface area contributed by atoms with E-state index in [1.807, 2.05) is 6.92 Å². The Hall–Kier alpha value is -1.41. The number of amides is 1. The fourth-order valence-electron chi connectivity index (χ4n) is 3.26. The molecule has 0 saturated carbocycles. The Balaban J connectivity index is 1.75. The Labute approximate surface area is 124 Å². The van der Waals surface area contributed by atoms with Crippen LogP contribution in [0, 0.1) is 0 Å². The van der Waals surface area contributed by atoms with Crippen LogP contribution in [0.5, 0.6) is 0 Å². The van der Waals surface area contributed by atoms with Crippen LogP contribution >= 0.6 is 0 Å². The number of rotatable bonds is 2. The number of sulfonamides is 1. The first-order valence-electron chi connectivity index (χ1n) is 7.20. The molecule has 2 aliphatic rings. The highest BCUT2D eigenvalue weighted by Crippen LogP contribution is 2.24. The molecule has 1 fully saturated rings. The van der Waals surface area contributed by atoms with E-state index in [1.54, 1.807) is 4.90 Å². The molecule has 116 valence electrons. The van der Waals surface area contributed by atoms with Gasteiger partial charge in [0.1, 0.15) is 0 Å². The number of carbonyl (C=O) groups excluding carboxylic acids is 1. The number of H-pyrrole nitrogens is 1. The summed E-state index contributed by atoms with van der Waals surface area (Å²) < 4.78 is 24.8. The second-order valence-electron chi connectivity index (χ2n) is 5.86. The third-order valence-electron chi connectivity index (χ3n) is 4.29. The van der Waals surface area contributed by atoms with Crippen molar-refractivity contribution in [3.8, 4) is 0 Å². The lowest BCUT2D eigenvalue weighted by atomic mass is 10.1. The van der Waals surface area contributed by atoms with Gasteiger partial charge in [-0.05, 0) is 26.2 Å². The van der Waals surface area contributed by atoms with Crippen LogP contribution in [0.3, 0.4) is 0 Å². The normalized spacial score (nSPS) is 23.3. The molecule has 7 nitrogen and oxygen atoms in total. The number of aromatic nitrogens is 2. The van der Waals surface area contributed by atoms with Gasteiger partial charge >= 0.3 is 0 Å². The first-order valence-corrected chi connectivity index (χ1v) is 9.05. The van der Waals surface area contributed by atoms with Crippen molar-refractivity contribution in [3.05, 3.63) is 17.0 Å². The van der Waals surface area contributed by atoms with Gasteiger partial charge in [-0.2, -0.15) is 9.40 Å². The lowest BCUT2D eigenvalue weighted by Gasteiger charge is -2.38. The molecule has 1 aliphatic carbocycles. The molecule has 1 aromatic rings. The Morgan fingerprint density at radius 3 is 2.76 bits per heavy atom. The Kier molecular flexibility index (Phi) is 3.53. The predicted molar refractivity (Wildman–Crippen MR) is 77.5 cm³/mol. The van der Waals surface area contributed by atoms with Crippen molar-refractivity contribution >= 4 is 15.9 Å². The van der Waals surface area contributed by atoms with E-state index < -0.39 is 10.0 Å². The van der Waals surface area contributed by atoms with Gasteiger partial charge in [-0.1, -0.05) is 0 Å². The van der Waals surface area contributed by atoms with Gasteiger partial charge < -0.3 is 4.90 Å². The monoisotopic (exact) mass is 312 g/mol. The number of nitrogens with zero attached hydrogens (tertiary/aromatic N) is 3. The minimum absolute atomic E-state index is 0.0885. The summed E-state index contributed by atoms with van der Waals surface area (Å²) in [5.41, 5.74) is 2.63. The number of carbonyl (C=O) groups is 1. The summed E-state index contributed by atoms with van der Waals surface area (Å²) in [5, 5.41) is 7.10. The largest absolute Gasteiger partial charge is 0.334 e. The van der Waals surface area contributed by atoms with Crippen molar-refractivity contribution in [3.63, 3.8) is 0 Å². The maximum atomic E-state index is 12.6. The standard InChI is InChI=1S/C13H20N4O3S/c1-9-8-16(6-7-17(9)21(2,19)20)13(18)12-10-4-3-5-11(10)14-15-12/h9H,3-8H2,1-2H3,(H,14,15)/t9-/m0/s1. The highest BCUT2D eigenvalue weighted by atomic mass is 32.2. The molecular weight excluding hydrogens is 292 g/mol. The summed E-state index contributed by atoms with van der Waals surface area (Å²) in [5.74, 6) is -0.0885. The molecule has 8 heteroatoms. The molecule has 1 aliphatic heterocycles. The molecule has 0 radical (unpaired) electrons. The van der Waals surface area contributed by atoms with E-state index in [0.717, 1.165) is 30.5 Å². The van der Waals surface area contributed by atoms with E-state index >= 15 is 0 Å². The summed E-state index contributed by atoms with van der Waals surface area (Å²) in [6.07, 6.45) is 4.11. The fraction of sp³-hybridized carbons (Fsp3) is 0.692. The van der Waals surface area contributed by atoms with Crippen LogP contribution in [0.2, 0.25) is 0 Å². The molecule has 1 N–H and O–H groups in total. The average Bonchev–Trinajstić information content (AvgIpc) is 2.98. The lowest BCUT2D eigenvalue weighted by Crippen LogP contribution is -2.55. The molecule has 21 heavy (non-hydrogen) atoms. The van der Waals surface area contributed by atoms with Gasteiger partial charge in [0.2, 0.25) is 10.0 Å². The van der Waals surface area contributed by atoms with Crippen molar-refractivity contribution in [1.29, 1.82) is 0 Å². The number of nitrogens with one attached hydrogen (secondary N) is 1. The number of hydrogen-bond acceptors (Lipinski definition) is 4. The molecular formula is C13H20N4O3S. The molecule has 1 amide bonds. The summed E-state index contributed by atoms with van der Waals surface area (Å²) in [7, 11) is -3.21. The lowest BCUT2D eigenvalue weighted by molar-refractivity contribution is 0.0636. The van der Waals surface area contributed by atoms with E-state index in [1.165, 1.54) is 10.6 Å². The zero-order valence-electron chi connectivity index (χ0n) is 12.3. The van der Waals surface area contributed by atoms with E-state index in [2.05, 4.69) is 10.2 Å². The van der Waals surface area contributed by atoms with Gasteiger partial charge in [0.05, 0.1) is 6.26 Å². The Morgan fingerprint density at radius 2 is 2.10 bits per heavy atom. The van der Waals surface area contributed by atoms with Crippen molar-refractivity contribution in [2.75, 3.05) is 25.9 Å². The number of aromatic amines is 1. The quantitative estimate of drug-likeness (QED) is 0.833. The van der Waals surface area contributed by atoms with Crippen molar-refractivity contribution in [2.45, 2.75) is 32.2 Å². The van der Waals surface area contributed by atoms with E-state index in [0.29, 0.717) is 25.3 Å². The number of fused-ring (bicyclic) bond motifs is 1. The first kappa shape index (κ1) is 14.5. The number of aryl methyl sites for hydroxylation is 1. The topological polar surface area (TPSA) is 86.4 Å². The third kappa shape index (κ3) is 2.57. The molecule has 0 bridgehead atoms. The molecule has 0 spiro atoms. The third-order valence-corrected chi connectivity index (χ3v) is 5.68. The molecule has 3 rings (SSSR count). The van der Waals surface area contributed by atoms with E-state index in [-0.39, 0.29) is 11.9 Å². The second-order valence-corrected chi connectivity index (χ2v) is 7.79. The van der Waals surface area contributed by atoms with Crippen LogP contribution in [0.1, 0.15) is 35.1 Å². The zero-order valence-corrected chi connectivity index (χ0v) is 13.1. The van der Waals surface area contributed by atoms with Gasteiger partial charge in [-0.3, -0.25) is 9.89 Å². The van der Waals surface area contributed by atoms with E-state index in [9.17, 15) is 13.2 Å². The highest BCUT2D eigenvalue weighted by molar-refractivity contribution is 7.88. The van der Waals surface area contributed by atoms with Crippen LogP contribution in [0.15, 0.2) is 0 Å². The van der Waals surface area contributed by atoms with Gasteiger partial charge in [-0.25, -0.2) is 8.42 Å². The predicted octanol–water partition coefficient (Wildman–Crippen LogP) is 0.00430. The molecule has 0 aromatic carbocycles. The van der Waals surface area contributed by atoms with Crippen molar-refractivity contribution in [1.82, 2.24) is 19.4 Å². The number of piperazine rings is 1. The van der Waals surface area contributed by atoms with Crippen LogP contribution in [-0.4, -0.2) is 65.7 Å². The molecule has 1 saturated heterocycles. The molecule has 0 unspecified atom stereocenters. The minimum atomic E-state index is -3.21. The maximum Gasteiger partial charge on any atom is 0.274 e. The average molecular weight is 312 g/mol.